The molecule has 1 aliphatic heterocycles. The maximum absolute atomic E-state index is 13.0. The van der Waals surface area contributed by atoms with E-state index in [1.54, 1.807) is 32.9 Å². The van der Waals surface area contributed by atoms with Crippen LogP contribution in [0.4, 0.5) is 4.39 Å². The predicted molar refractivity (Wildman–Crippen MR) is 70.5 cm³/mol. The van der Waals surface area contributed by atoms with Gasteiger partial charge < -0.3 is 10.4 Å². The van der Waals surface area contributed by atoms with E-state index in [4.69, 9.17) is 0 Å². The molecular weight excluding hydrogens is 247 g/mol. The standard InChI is InChI=1S/C14H19FN2O2/c1-5-14(4)16(18)12(13(2,3)17(14)19)10-6-8-11(15)9-7-10/h6-9,19H,5H2,1-4H3/t14-/m0/s1. The van der Waals surface area contributed by atoms with Gasteiger partial charge in [0.15, 0.2) is 0 Å². The molecule has 0 bridgehead atoms. The number of hydrogen-bond donors (Lipinski definition) is 1. The van der Waals surface area contributed by atoms with Crippen molar-refractivity contribution in [3.05, 3.63) is 40.9 Å². The van der Waals surface area contributed by atoms with Crippen LogP contribution in [0.3, 0.4) is 0 Å². The Morgan fingerprint density at radius 2 is 1.79 bits per heavy atom. The molecule has 1 N–H and O–H groups in total. The van der Waals surface area contributed by atoms with Gasteiger partial charge in [0.25, 0.3) is 0 Å². The normalized spacial score (nSPS) is 27.1. The van der Waals surface area contributed by atoms with E-state index in [1.165, 1.54) is 12.1 Å². The summed E-state index contributed by atoms with van der Waals surface area (Å²) in [6.07, 6.45) is 0.473. The highest BCUT2D eigenvalue weighted by atomic mass is 19.1. The molecule has 0 aliphatic carbocycles. The number of hydroxylamine groups is 3. The molecule has 2 rings (SSSR count). The monoisotopic (exact) mass is 266 g/mol. The highest BCUT2D eigenvalue weighted by molar-refractivity contribution is 6.04. The van der Waals surface area contributed by atoms with Gasteiger partial charge in [-0.15, -0.1) is 5.06 Å². The second-order valence-corrected chi connectivity index (χ2v) is 5.59. The molecule has 0 saturated carbocycles. The van der Waals surface area contributed by atoms with Crippen molar-refractivity contribution in [2.45, 2.75) is 45.3 Å². The predicted octanol–water partition coefficient (Wildman–Crippen LogP) is 2.73. The van der Waals surface area contributed by atoms with Crippen LogP contribution >= 0.6 is 0 Å². The minimum Gasteiger partial charge on any atom is -0.622 e. The van der Waals surface area contributed by atoms with E-state index in [-0.39, 0.29) is 5.82 Å². The zero-order valence-corrected chi connectivity index (χ0v) is 11.6. The summed E-state index contributed by atoms with van der Waals surface area (Å²) < 4.78 is 13.8. The topological polar surface area (TPSA) is 49.5 Å². The minimum absolute atomic E-state index is 0.350. The summed E-state index contributed by atoms with van der Waals surface area (Å²) in [4.78, 5) is 0. The Bertz CT molecular complexity index is 525. The van der Waals surface area contributed by atoms with Gasteiger partial charge in [-0.05, 0) is 38.1 Å². The van der Waals surface area contributed by atoms with Gasteiger partial charge >= 0.3 is 0 Å². The molecule has 0 amide bonds. The molecule has 1 atom stereocenters. The number of benzene rings is 1. The van der Waals surface area contributed by atoms with Gasteiger partial charge in [-0.2, -0.15) is 4.74 Å². The molecule has 0 saturated heterocycles. The third-order valence-corrected chi connectivity index (χ3v) is 3.99. The average molecular weight is 266 g/mol. The summed E-state index contributed by atoms with van der Waals surface area (Å²) in [7, 11) is 0. The molecule has 5 heteroatoms. The number of hydrogen-bond acceptors (Lipinski definition) is 3. The van der Waals surface area contributed by atoms with Gasteiger partial charge in [0.05, 0.1) is 0 Å². The van der Waals surface area contributed by atoms with Crippen molar-refractivity contribution in [2.75, 3.05) is 0 Å². The van der Waals surface area contributed by atoms with Gasteiger partial charge in [-0.25, -0.2) is 4.39 Å². The van der Waals surface area contributed by atoms with Crippen LogP contribution < -0.4 is 0 Å². The fourth-order valence-electron chi connectivity index (χ4n) is 2.65. The largest absolute Gasteiger partial charge is 0.622 e. The molecule has 0 unspecified atom stereocenters. The third kappa shape index (κ3) is 1.84. The smallest absolute Gasteiger partial charge is 0.248 e. The number of nitrogens with zero attached hydrogens (tertiary/aromatic N) is 2. The van der Waals surface area contributed by atoms with E-state index in [0.717, 1.165) is 9.80 Å². The zero-order valence-electron chi connectivity index (χ0n) is 11.6. The maximum Gasteiger partial charge on any atom is 0.248 e. The first kappa shape index (κ1) is 14.0. The van der Waals surface area contributed by atoms with Crippen molar-refractivity contribution >= 4 is 5.71 Å². The second-order valence-electron chi connectivity index (χ2n) is 5.59. The Kier molecular flexibility index (Phi) is 3.15. The van der Waals surface area contributed by atoms with Gasteiger partial charge in [0, 0.05) is 18.9 Å². The maximum atomic E-state index is 13.0. The Morgan fingerprint density at radius 3 is 2.21 bits per heavy atom. The lowest BCUT2D eigenvalue weighted by atomic mass is 9.92. The quantitative estimate of drug-likeness (QED) is 0.661. The van der Waals surface area contributed by atoms with Crippen LogP contribution in [0.25, 0.3) is 0 Å². The number of rotatable bonds is 2. The van der Waals surface area contributed by atoms with Gasteiger partial charge in [-0.1, -0.05) is 6.92 Å². The molecule has 1 aromatic carbocycles. The van der Waals surface area contributed by atoms with E-state index in [2.05, 4.69) is 0 Å². The van der Waals surface area contributed by atoms with Crippen molar-refractivity contribution in [1.82, 2.24) is 5.06 Å². The number of halogens is 1. The first-order valence-electron chi connectivity index (χ1n) is 6.35. The third-order valence-electron chi connectivity index (χ3n) is 3.99. The van der Waals surface area contributed by atoms with Crippen LogP contribution in [0.1, 0.15) is 39.7 Å². The van der Waals surface area contributed by atoms with Crippen LogP contribution in [0, 0.1) is 11.0 Å². The SMILES string of the molecule is CC[C@]1(C)N(O)C(C)(C)C(c2ccc(F)cc2)=[N+]1[O-]. The van der Waals surface area contributed by atoms with E-state index >= 15 is 0 Å². The Morgan fingerprint density at radius 1 is 1.26 bits per heavy atom. The summed E-state index contributed by atoms with van der Waals surface area (Å²) >= 11 is 0. The molecule has 0 fully saturated rings. The minimum atomic E-state index is -1.01. The van der Waals surface area contributed by atoms with Crippen molar-refractivity contribution in [3.63, 3.8) is 0 Å². The van der Waals surface area contributed by atoms with Crippen molar-refractivity contribution in [2.24, 2.45) is 0 Å². The second kappa shape index (κ2) is 4.28. The summed E-state index contributed by atoms with van der Waals surface area (Å²) in [5.74, 6) is -0.350. The lowest BCUT2D eigenvalue weighted by Gasteiger charge is -2.32. The lowest BCUT2D eigenvalue weighted by molar-refractivity contribution is -0.586. The van der Waals surface area contributed by atoms with E-state index in [9.17, 15) is 14.8 Å². The molecule has 4 nitrogen and oxygen atoms in total. The van der Waals surface area contributed by atoms with E-state index in [0.29, 0.717) is 17.7 Å². The van der Waals surface area contributed by atoms with Crippen molar-refractivity contribution < 1.29 is 14.3 Å². The molecular formula is C14H19FN2O2. The molecule has 1 aromatic rings. The summed E-state index contributed by atoms with van der Waals surface area (Å²) in [6.45, 7) is 7.09. The molecule has 104 valence electrons. The van der Waals surface area contributed by atoms with Gasteiger partial charge in [0.2, 0.25) is 11.4 Å². The molecule has 1 heterocycles. The summed E-state index contributed by atoms with van der Waals surface area (Å²) in [5.41, 5.74) is -0.769. The molecule has 0 aromatic heterocycles. The highest BCUT2D eigenvalue weighted by Crippen LogP contribution is 2.36. The Balaban J connectivity index is 2.62. The fraction of sp³-hybridized carbons (Fsp3) is 0.500. The van der Waals surface area contributed by atoms with Crippen LogP contribution in [-0.2, 0) is 0 Å². The molecule has 1 aliphatic rings. The molecule has 0 radical (unpaired) electrons. The highest BCUT2D eigenvalue weighted by Gasteiger charge is 2.58. The summed E-state index contributed by atoms with van der Waals surface area (Å²) in [5, 5.41) is 24.0. The van der Waals surface area contributed by atoms with Crippen LogP contribution in [0.2, 0.25) is 0 Å². The van der Waals surface area contributed by atoms with Crippen LogP contribution in [0.5, 0.6) is 0 Å². The Hall–Kier alpha value is -1.46. The van der Waals surface area contributed by atoms with Crippen LogP contribution in [0.15, 0.2) is 24.3 Å². The van der Waals surface area contributed by atoms with E-state index in [1.807, 2.05) is 6.92 Å². The molecule has 19 heavy (non-hydrogen) atoms. The Labute approximate surface area is 112 Å². The molecule has 0 spiro atoms. The van der Waals surface area contributed by atoms with Gasteiger partial charge in [0.1, 0.15) is 11.4 Å². The lowest BCUT2D eigenvalue weighted by Crippen LogP contribution is -2.52. The van der Waals surface area contributed by atoms with Gasteiger partial charge in [-0.3, -0.25) is 0 Å². The zero-order chi connectivity index (χ0) is 14.4. The summed E-state index contributed by atoms with van der Waals surface area (Å²) in [6, 6.07) is 5.75. The first-order valence-corrected chi connectivity index (χ1v) is 6.35. The van der Waals surface area contributed by atoms with Crippen molar-refractivity contribution in [1.29, 1.82) is 0 Å². The van der Waals surface area contributed by atoms with Crippen LogP contribution in [-0.4, -0.2) is 31.9 Å². The fourth-order valence-corrected chi connectivity index (χ4v) is 2.65. The first-order chi connectivity index (χ1) is 8.75. The average Bonchev–Trinajstić information content (AvgIpc) is 2.51. The van der Waals surface area contributed by atoms with Crippen molar-refractivity contribution in [3.8, 4) is 0 Å². The van der Waals surface area contributed by atoms with E-state index < -0.39 is 11.2 Å².